The van der Waals surface area contributed by atoms with E-state index in [-0.39, 0.29) is 16.3 Å². The van der Waals surface area contributed by atoms with E-state index in [0.29, 0.717) is 22.6 Å². The van der Waals surface area contributed by atoms with Crippen molar-refractivity contribution in [1.29, 1.82) is 0 Å². The van der Waals surface area contributed by atoms with E-state index in [0.717, 1.165) is 18.4 Å². The van der Waals surface area contributed by atoms with E-state index in [2.05, 4.69) is 4.99 Å². The highest BCUT2D eigenvalue weighted by Crippen LogP contribution is 2.19. The van der Waals surface area contributed by atoms with Gasteiger partial charge in [-0.1, -0.05) is 31.6 Å². The van der Waals surface area contributed by atoms with Gasteiger partial charge >= 0.3 is 0 Å². The quantitative estimate of drug-likeness (QED) is 0.549. The van der Waals surface area contributed by atoms with Crippen molar-refractivity contribution in [2.45, 2.75) is 31.6 Å². The van der Waals surface area contributed by atoms with Crippen LogP contribution in [0.3, 0.4) is 0 Å². The molecule has 0 saturated heterocycles. The molecule has 0 radical (unpaired) electrons. The van der Waals surface area contributed by atoms with E-state index >= 15 is 0 Å². The highest BCUT2D eigenvalue weighted by molar-refractivity contribution is 7.89. The molecule has 0 unspecified atom stereocenters. The maximum absolute atomic E-state index is 13.4. The summed E-state index contributed by atoms with van der Waals surface area (Å²) in [5, 5.41) is 0. The maximum Gasteiger partial charge on any atom is 0.279 e. The van der Waals surface area contributed by atoms with Crippen LogP contribution in [0.4, 0.5) is 4.39 Å². The number of aromatic nitrogens is 1. The summed E-state index contributed by atoms with van der Waals surface area (Å²) in [7, 11) is -1.84. The number of hydrogen-bond donors (Lipinski definition) is 0. The van der Waals surface area contributed by atoms with Crippen LogP contribution in [-0.2, 0) is 17.1 Å². The fourth-order valence-electron chi connectivity index (χ4n) is 3.07. The van der Waals surface area contributed by atoms with Crippen LogP contribution in [0.2, 0.25) is 0 Å². The monoisotopic (exact) mass is 449 g/mol. The van der Waals surface area contributed by atoms with E-state index in [9.17, 15) is 17.6 Å². The van der Waals surface area contributed by atoms with Crippen LogP contribution < -0.4 is 4.80 Å². The van der Waals surface area contributed by atoms with Gasteiger partial charge in [0.05, 0.1) is 15.1 Å². The predicted octanol–water partition coefficient (Wildman–Crippen LogP) is 3.93. The van der Waals surface area contributed by atoms with Crippen molar-refractivity contribution >= 4 is 37.5 Å². The lowest BCUT2D eigenvalue weighted by atomic mass is 10.2. The van der Waals surface area contributed by atoms with Crippen LogP contribution in [0.25, 0.3) is 10.2 Å². The first-order valence-corrected chi connectivity index (χ1v) is 12.0. The van der Waals surface area contributed by atoms with Crippen molar-refractivity contribution in [3.05, 3.63) is 58.6 Å². The Bertz CT molecular complexity index is 1230. The Balaban J connectivity index is 1.88. The Kier molecular flexibility index (Phi) is 6.84. The van der Waals surface area contributed by atoms with E-state index < -0.39 is 15.9 Å². The molecule has 6 nitrogen and oxygen atoms in total. The zero-order chi connectivity index (χ0) is 21.9. The largest absolute Gasteiger partial charge is 0.319 e. The first-order valence-electron chi connectivity index (χ1n) is 9.72. The molecule has 0 spiro atoms. The molecule has 160 valence electrons. The Hall–Kier alpha value is -2.36. The lowest BCUT2D eigenvalue weighted by Crippen LogP contribution is -2.31. The lowest BCUT2D eigenvalue weighted by molar-refractivity contribution is 0.0998. The van der Waals surface area contributed by atoms with Gasteiger partial charge in [-0.3, -0.25) is 4.79 Å². The van der Waals surface area contributed by atoms with E-state index in [4.69, 9.17) is 0 Å². The minimum absolute atomic E-state index is 0.153. The number of benzene rings is 2. The molecule has 1 aromatic heterocycles. The molecule has 0 saturated carbocycles. The van der Waals surface area contributed by atoms with Gasteiger partial charge in [0.1, 0.15) is 5.82 Å². The summed E-state index contributed by atoms with van der Waals surface area (Å²) in [5.74, 6) is -0.834. The van der Waals surface area contributed by atoms with Crippen molar-refractivity contribution in [2.24, 2.45) is 12.0 Å². The summed E-state index contributed by atoms with van der Waals surface area (Å²) in [5.41, 5.74) is 1.07. The number of rotatable bonds is 7. The van der Waals surface area contributed by atoms with Crippen molar-refractivity contribution in [3.63, 3.8) is 0 Å². The molecule has 0 fully saturated rings. The first kappa shape index (κ1) is 22.3. The minimum atomic E-state index is -3.60. The fourth-order valence-corrected chi connectivity index (χ4v) is 5.60. The van der Waals surface area contributed by atoms with Gasteiger partial charge in [-0.2, -0.15) is 9.30 Å². The summed E-state index contributed by atoms with van der Waals surface area (Å²) >= 11 is 1.22. The third kappa shape index (κ3) is 4.53. The zero-order valence-corrected chi connectivity index (χ0v) is 18.8. The second-order valence-corrected chi connectivity index (χ2v) is 9.79. The molecule has 0 aliphatic rings. The van der Waals surface area contributed by atoms with Crippen LogP contribution in [0.5, 0.6) is 0 Å². The van der Waals surface area contributed by atoms with E-state index in [1.165, 1.54) is 52.0 Å². The summed E-state index contributed by atoms with van der Waals surface area (Å²) in [4.78, 5) is 17.3. The second kappa shape index (κ2) is 9.20. The molecular formula is C21H24FN3O3S2. The van der Waals surface area contributed by atoms with Gasteiger partial charge in [0.25, 0.3) is 5.91 Å². The molecule has 0 N–H and O–H groups in total. The van der Waals surface area contributed by atoms with Crippen LogP contribution in [-0.4, -0.2) is 36.3 Å². The molecule has 3 aromatic rings. The van der Waals surface area contributed by atoms with Gasteiger partial charge in [0.2, 0.25) is 10.0 Å². The smallest absolute Gasteiger partial charge is 0.279 e. The number of hydrogen-bond acceptors (Lipinski definition) is 4. The van der Waals surface area contributed by atoms with Crippen LogP contribution in [0, 0.1) is 5.82 Å². The standard InChI is InChI=1S/C21H24FN3O3S2/c1-4-6-13-25(5-2)30(27,28)17-10-7-15(8-11-17)20(26)23-21-24(3)18-12-9-16(22)14-19(18)29-21/h7-12,14H,4-6,13H2,1-3H3. The number of sulfonamides is 1. The van der Waals surface area contributed by atoms with Crippen LogP contribution in [0.1, 0.15) is 37.0 Å². The summed E-state index contributed by atoms with van der Waals surface area (Å²) < 4.78 is 42.9. The van der Waals surface area contributed by atoms with Crippen molar-refractivity contribution in [3.8, 4) is 0 Å². The molecule has 30 heavy (non-hydrogen) atoms. The number of halogens is 1. The summed E-state index contributed by atoms with van der Waals surface area (Å²) in [6.07, 6.45) is 1.70. The number of aryl methyl sites for hydroxylation is 1. The Morgan fingerprint density at radius 2 is 1.87 bits per heavy atom. The molecule has 1 amide bonds. The molecule has 0 aliphatic heterocycles. The van der Waals surface area contributed by atoms with Crippen LogP contribution >= 0.6 is 11.3 Å². The Labute approximate surface area is 179 Å². The normalized spacial score (nSPS) is 12.8. The lowest BCUT2D eigenvalue weighted by Gasteiger charge is -2.20. The van der Waals surface area contributed by atoms with Gasteiger partial charge in [-0.15, -0.1) is 0 Å². The van der Waals surface area contributed by atoms with Gasteiger partial charge < -0.3 is 4.57 Å². The van der Waals surface area contributed by atoms with Crippen molar-refractivity contribution in [1.82, 2.24) is 8.87 Å². The van der Waals surface area contributed by atoms with Gasteiger partial charge in [0.15, 0.2) is 4.80 Å². The molecular weight excluding hydrogens is 425 g/mol. The molecule has 0 atom stereocenters. The topological polar surface area (TPSA) is 71.7 Å². The summed E-state index contributed by atoms with van der Waals surface area (Å²) in [6.45, 7) is 4.67. The average Bonchev–Trinajstić information content (AvgIpc) is 3.03. The van der Waals surface area contributed by atoms with E-state index in [1.807, 2.05) is 6.92 Å². The number of amides is 1. The molecule has 1 heterocycles. The summed E-state index contributed by atoms with van der Waals surface area (Å²) in [6, 6.07) is 10.2. The highest BCUT2D eigenvalue weighted by Gasteiger charge is 2.22. The zero-order valence-electron chi connectivity index (χ0n) is 17.1. The molecule has 2 aromatic carbocycles. The highest BCUT2D eigenvalue weighted by atomic mass is 32.2. The minimum Gasteiger partial charge on any atom is -0.319 e. The number of thiazole rings is 1. The third-order valence-electron chi connectivity index (χ3n) is 4.82. The van der Waals surface area contributed by atoms with Crippen molar-refractivity contribution in [2.75, 3.05) is 13.1 Å². The van der Waals surface area contributed by atoms with E-state index in [1.54, 1.807) is 24.6 Å². The van der Waals surface area contributed by atoms with Gasteiger partial charge in [-0.25, -0.2) is 12.8 Å². The van der Waals surface area contributed by atoms with Crippen molar-refractivity contribution < 1.29 is 17.6 Å². The Morgan fingerprint density at radius 1 is 1.17 bits per heavy atom. The fraction of sp³-hybridized carbons (Fsp3) is 0.333. The average molecular weight is 450 g/mol. The SMILES string of the molecule is CCCCN(CC)S(=O)(=O)c1ccc(C(=O)N=c2sc3cc(F)ccc3n2C)cc1. The Morgan fingerprint density at radius 3 is 2.50 bits per heavy atom. The number of nitrogens with zero attached hydrogens (tertiary/aromatic N) is 3. The van der Waals surface area contributed by atoms with Crippen LogP contribution in [0.15, 0.2) is 52.4 Å². The second-order valence-electron chi connectivity index (χ2n) is 6.85. The number of carbonyl (C=O) groups excluding carboxylic acids is 1. The molecule has 9 heteroatoms. The first-order chi connectivity index (χ1) is 14.3. The third-order valence-corrected chi connectivity index (χ3v) is 7.90. The van der Waals surface area contributed by atoms with Gasteiger partial charge in [0, 0.05) is 25.7 Å². The number of fused-ring (bicyclic) bond motifs is 1. The number of carbonyl (C=O) groups is 1. The molecule has 0 aliphatic carbocycles. The predicted molar refractivity (Wildman–Crippen MR) is 116 cm³/mol. The molecule has 0 bridgehead atoms. The number of unbranched alkanes of at least 4 members (excludes halogenated alkanes) is 1. The molecule has 3 rings (SSSR count). The van der Waals surface area contributed by atoms with Gasteiger partial charge in [-0.05, 0) is 48.9 Å². The maximum atomic E-state index is 13.4.